The van der Waals surface area contributed by atoms with Gasteiger partial charge in [-0.3, -0.25) is 0 Å². The molecule has 7 heteroatoms. The van der Waals surface area contributed by atoms with Crippen molar-refractivity contribution < 1.29 is 23.1 Å². The highest BCUT2D eigenvalue weighted by molar-refractivity contribution is 7.89. The molecule has 1 aliphatic heterocycles. The minimum atomic E-state index is -3.79. The van der Waals surface area contributed by atoms with Crippen molar-refractivity contribution in [1.82, 2.24) is 4.31 Å². The number of sulfonamides is 1. The number of hydrogen-bond acceptors (Lipinski definition) is 5. The largest absolute Gasteiger partial charge is 0.465 e. The van der Waals surface area contributed by atoms with Gasteiger partial charge in [0.2, 0.25) is 10.0 Å². The van der Waals surface area contributed by atoms with Crippen LogP contribution in [-0.2, 0) is 14.8 Å². The number of carbonyl (C=O) groups is 1. The van der Waals surface area contributed by atoms with Crippen LogP contribution in [0.15, 0.2) is 29.2 Å². The summed E-state index contributed by atoms with van der Waals surface area (Å²) in [7, 11) is -2.58. The average Bonchev–Trinajstić information content (AvgIpc) is 3.27. The zero-order valence-electron chi connectivity index (χ0n) is 11.7. The van der Waals surface area contributed by atoms with Crippen molar-refractivity contribution in [2.24, 2.45) is 5.92 Å². The van der Waals surface area contributed by atoms with Crippen LogP contribution in [0.5, 0.6) is 0 Å². The lowest BCUT2D eigenvalue weighted by Crippen LogP contribution is -2.64. The molecule has 1 aromatic carbocycles. The highest BCUT2D eigenvalue weighted by Crippen LogP contribution is 2.46. The number of carbonyl (C=O) groups excluding carboxylic acids is 1. The molecule has 21 heavy (non-hydrogen) atoms. The van der Waals surface area contributed by atoms with Crippen molar-refractivity contribution >= 4 is 16.0 Å². The third kappa shape index (κ3) is 2.35. The lowest BCUT2D eigenvalue weighted by molar-refractivity contribution is -0.0764. The molecule has 1 aromatic rings. The fraction of sp³-hybridized carbons (Fsp3) is 0.500. The smallest absolute Gasteiger partial charge is 0.339 e. The van der Waals surface area contributed by atoms with E-state index in [0.717, 1.165) is 12.8 Å². The summed E-state index contributed by atoms with van der Waals surface area (Å²) >= 11 is 0. The van der Waals surface area contributed by atoms with E-state index >= 15 is 0 Å². The van der Waals surface area contributed by atoms with Gasteiger partial charge in [0.05, 0.1) is 23.2 Å². The van der Waals surface area contributed by atoms with E-state index in [2.05, 4.69) is 4.74 Å². The van der Waals surface area contributed by atoms with Crippen LogP contribution in [0.25, 0.3) is 0 Å². The van der Waals surface area contributed by atoms with E-state index in [0.29, 0.717) is 0 Å². The van der Waals surface area contributed by atoms with Crippen molar-refractivity contribution in [1.29, 1.82) is 0 Å². The molecular formula is C14H17NO5S. The highest BCUT2D eigenvalue weighted by atomic mass is 32.2. The molecule has 1 N–H and O–H groups in total. The lowest BCUT2D eigenvalue weighted by Gasteiger charge is -2.45. The van der Waals surface area contributed by atoms with Crippen molar-refractivity contribution in [3.05, 3.63) is 29.8 Å². The number of rotatable bonds is 4. The van der Waals surface area contributed by atoms with Gasteiger partial charge in [0.25, 0.3) is 0 Å². The summed E-state index contributed by atoms with van der Waals surface area (Å²) in [6.07, 6.45) is 1.90. The molecule has 0 aromatic heterocycles. The lowest BCUT2D eigenvalue weighted by atomic mass is 9.91. The first-order chi connectivity index (χ1) is 9.88. The van der Waals surface area contributed by atoms with Gasteiger partial charge in [-0.1, -0.05) is 12.1 Å². The first-order valence-corrected chi connectivity index (χ1v) is 8.22. The summed E-state index contributed by atoms with van der Waals surface area (Å²) in [5.74, 6) is -0.480. The number of methoxy groups -OCH3 is 1. The van der Waals surface area contributed by atoms with Crippen molar-refractivity contribution in [3.8, 4) is 0 Å². The number of nitrogens with zero attached hydrogens (tertiary/aromatic N) is 1. The van der Waals surface area contributed by atoms with Crippen LogP contribution in [0.3, 0.4) is 0 Å². The Morgan fingerprint density at radius 3 is 2.52 bits per heavy atom. The van der Waals surface area contributed by atoms with E-state index in [1.165, 1.54) is 23.5 Å². The summed E-state index contributed by atoms with van der Waals surface area (Å²) in [5, 5.41) is 10.3. The van der Waals surface area contributed by atoms with Gasteiger partial charge >= 0.3 is 5.97 Å². The minimum Gasteiger partial charge on any atom is -0.465 e. The van der Waals surface area contributed by atoms with Crippen LogP contribution in [-0.4, -0.2) is 49.6 Å². The topological polar surface area (TPSA) is 83.9 Å². The first kappa shape index (κ1) is 14.5. The van der Waals surface area contributed by atoms with Gasteiger partial charge in [0.1, 0.15) is 0 Å². The second-order valence-electron chi connectivity index (χ2n) is 5.64. The SMILES string of the molecule is COC(=O)c1ccccc1S(=O)(=O)N1CC(O)(C2CC2)C1. The number of aliphatic hydroxyl groups is 1. The van der Waals surface area contributed by atoms with E-state index in [1.807, 2.05) is 0 Å². The van der Waals surface area contributed by atoms with Crippen molar-refractivity contribution in [2.75, 3.05) is 20.2 Å². The molecule has 1 aliphatic carbocycles. The Bertz CT molecular complexity index is 674. The number of benzene rings is 1. The zero-order chi connectivity index (χ0) is 15.3. The second-order valence-corrected chi connectivity index (χ2v) is 7.55. The van der Waals surface area contributed by atoms with Crippen LogP contribution >= 0.6 is 0 Å². The maximum absolute atomic E-state index is 12.6. The molecule has 0 unspecified atom stereocenters. The quantitative estimate of drug-likeness (QED) is 0.824. The van der Waals surface area contributed by atoms with Crippen LogP contribution in [0.4, 0.5) is 0 Å². The van der Waals surface area contributed by atoms with Gasteiger partial charge in [0.15, 0.2) is 0 Å². The Kier molecular flexibility index (Phi) is 3.31. The van der Waals surface area contributed by atoms with Crippen LogP contribution in [0.1, 0.15) is 23.2 Å². The fourth-order valence-electron chi connectivity index (χ4n) is 2.72. The molecule has 0 atom stereocenters. The van der Waals surface area contributed by atoms with Gasteiger partial charge in [-0.15, -0.1) is 0 Å². The van der Waals surface area contributed by atoms with Gasteiger partial charge in [-0.2, -0.15) is 4.31 Å². The standard InChI is InChI=1S/C14H17NO5S/c1-20-13(16)11-4-2-3-5-12(11)21(18,19)15-8-14(17,9-15)10-6-7-10/h2-5,10,17H,6-9H2,1H3. The van der Waals surface area contributed by atoms with E-state index < -0.39 is 21.6 Å². The van der Waals surface area contributed by atoms with Crippen molar-refractivity contribution in [2.45, 2.75) is 23.3 Å². The molecule has 0 bridgehead atoms. The summed E-state index contributed by atoms with van der Waals surface area (Å²) < 4.78 is 31.0. The van der Waals surface area contributed by atoms with Gasteiger partial charge in [-0.05, 0) is 30.9 Å². The molecule has 114 valence electrons. The molecule has 2 fully saturated rings. The second kappa shape index (κ2) is 4.79. The van der Waals surface area contributed by atoms with Crippen LogP contribution in [0, 0.1) is 5.92 Å². The maximum Gasteiger partial charge on any atom is 0.339 e. The Labute approximate surface area is 123 Å². The molecule has 0 radical (unpaired) electrons. The third-order valence-electron chi connectivity index (χ3n) is 4.15. The fourth-order valence-corrected chi connectivity index (χ4v) is 4.47. The molecule has 2 aliphatic rings. The average molecular weight is 311 g/mol. The Hall–Kier alpha value is -1.44. The highest BCUT2D eigenvalue weighted by Gasteiger charge is 2.55. The van der Waals surface area contributed by atoms with Crippen molar-refractivity contribution in [3.63, 3.8) is 0 Å². The predicted molar refractivity (Wildman–Crippen MR) is 74.2 cm³/mol. The summed E-state index contributed by atoms with van der Waals surface area (Å²) in [5.41, 5.74) is -0.880. The molecular weight excluding hydrogens is 294 g/mol. The Morgan fingerprint density at radius 1 is 1.33 bits per heavy atom. The molecule has 1 saturated heterocycles. The number of ether oxygens (including phenoxy) is 1. The molecule has 0 amide bonds. The van der Waals surface area contributed by atoms with Crippen LogP contribution < -0.4 is 0 Å². The Balaban J connectivity index is 1.88. The summed E-state index contributed by atoms with van der Waals surface area (Å²) in [4.78, 5) is 11.6. The first-order valence-electron chi connectivity index (χ1n) is 6.78. The molecule has 3 rings (SSSR count). The van der Waals surface area contributed by atoms with E-state index in [-0.39, 0.29) is 29.5 Å². The monoisotopic (exact) mass is 311 g/mol. The zero-order valence-corrected chi connectivity index (χ0v) is 12.5. The van der Waals surface area contributed by atoms with E-state index in [9.17, 15) is 18.3 Å². The molecule has 1 heterocycles. The maximum atomic E-state index is 12.6. The summed E-state index contributed by atoms with van der Waals surface area (Å²) in [6, 6.07) is 5.95. The molecule has 0 spiro atoms. The molecule has 1 saturated carbocycles. The predicted octanol–water partition coefficient (Wildman–Crippen LogP) is 0.619. The number of β-amino-alcohol motifs (C(OH)–C–C–N with tert-alkyl or cyclic N) is 1. The normalized spacial score (nSPS) is 21.6. The van der Waals surface area contributed by atoms with E-state index in [4.69, 9.17) is 0 Å². The molecule has 6 nitrogen and oxygen atoms in total. The summed E-state index contributed by atoms with van der Waals surface area (Å²) in [6.45, 7) is 0.186. The third-order valence-corrected chi connectivity index (χ3v) is 6.00. The Morgan fingerprint density at radius 2 is 1.95 bits per heavy atom. The van der Waals surface area contributed by atoms with Gasteiger partial charge in [-0.25, -0.2) is 13.2 Å². The minimum absolute atomic E-state index is 0.0156. The van der Waals surface area contributed by atoms with Gasteiger partial charge < -0.3 is 9.84 Å². The number of hydrogen-bond donors (Lipinski definition) is 1. The van der Waals surface area contributed by atoms with Crippen LogP contribution in [0.2, 0.25) is 0 Å². The number of esters is 1. The van der Waals surface area contributed by atoms with Gasteiger partial charge in [0, 0.05) is 13.1 Å². The van der Waals surface area contributed by atoms with E-state index in [1.54, 1.807) is 12.1 Å².